The van der Waals surface area contributed by atoms with E-state index in [-0.39, 0.29) is 5.91 Å². The van der Waals surface area contributed by atoms with Crippen LogP contribution < -0.4 is 21.2 Å². The van der Waals surface area contributed by atoms with Crippen LogP contribution >= 0.6 is 19.0 Å². The SMILES string of the molecule is CSC(NC(=O)c1ccccc1)=C(C#N)[P+](c1ccccc1)(c1ccccc1)c1ccccc1. The van der Waals surface area contributed by atoms with E-state index in [0.717, 1.165) is 15.9 Å². The van der Waals surface area contributed by atoms with Gasteiger partial charge in [0.2, 0.25) is 5.31 Å². The quantitative estimate of drug-likeness (QED) is 0.283. The molecular formula is C29H24N2OPS+. The van der Waals surface area contributed by atoms with Crippen LogP contribution in [0.1, 0.15) is 10.4 Å². The van der Waals surface area contributed by atoms with E-state index >= 15 is 0 Å². The maximum Gasteiger partial charge on any atom is 0.256 e. The Hall–Kier alpha value is -3.64. The summed E-state index contributed by atoms with van der Waals surface area (Å²) in [6.45, 7) is 0. The molecule has 3 nitrogen and oxygen atoms in total. The molecule has 0 aliphatic heterocycles. The number of nitrogens with zero attached hydrogens (tertiary/aromatic N) is 1. The molecule has 0 radical (unpaired) electrons. The highest BCUT2D eigenvalue weighted by Gasteiger charge is 2.52. The van der Waals surface area contributed by atoms with Crippen LogP contribution in [0.3, 0.4) is 0 Å². The summed E-state index contributed by atoms with van der Waals surface area (Å²) < 4.78 is 0. The summed E-state index contributed by atoms with van der Waals surface area (Å²) in [5, 5.41) is 18.1. The number of carbonyl (C=O) groups is 1. The molecule has 1 N–H and O–H groups in total. The van der Waals surface area contributed by atoms with Crippen LogP contribution in [0.4, 0.5) is 0 Å². The van der Waals surface area contributed by atoms with Crippen LogP contribution in [0.5, 0.6) is 0 Å². The monoisotopic (exact) mass is 479 g/mol. The summed E-state index contributed by atoms with van der Waals surface area (Å²) in [7, 11) is -2.60. The molecule has 0 spiro atoms. The first-order chi connectivity index (χ1) is 16.7. The molecule has 0 bridgehead atoms. The molecule has 4 rings (SSSR count). The minimum Gasteiger partial charge on any atom is -0.313 e. The molecule has 166 valence electrons. The summed E-state index contributed by atoms with van der Waals surface area (Å²) in [4.78, 5) is 13.1. The molecule has 0 atom stereocenters. The van der Waals surface area contributed by atoms with E-state index in [9.17, 15) is 10.1 Å². The van der Waals surface area contributed by atoms with Crippen LogP contribution in [0.25, 0.3) is 0 Å². The van der Waals surface area contributed by atoms with E-state index in [1.807, 2.05) is 79.1 Å². The summed E-state index contributed by atoms with van der Waals surface area (Å²) in [6, 6.07) is 42.1. The highest BCUT2D eigenvalue weighted by molar-refractivity contribution is 8.04. The van der Waals surface area contributed by atoms with Gasteiger partial charge < -0.3 is 5.32 Å². The van der Waals surface area contributed by atoms with Crippen molar-refractivity contribution < 1.29 is 4.79 Å². The third-order valence-electron chi connectivity index (χ3n) is 5.55. The molecule has 4 aromatic carbocycles. The number of carbonyl (C=O) groups excluding carboxylic acids is 1. The van der Waals surface area contributed by atoms with Crippen molar-refractivity contribution in [2.75, 3.05) is 6.26 Å². The van der Waals surface area contributed by atoms with Crippen LogP contribution in [0.2, 0.25) is 0 Å². The maximum absolute atomic E-state index is 13.1. The summed E-state index contributed by atoms with van der Waals surface area (Å²) >= 11 is 1.39. The van der Waals surface area contributed by atoms with Gasteiger partial charge in [-0.25, -0.2) is 0 Å². The molecule has 0 saturated carbocycles. The highest BCUT2D eigenvalue weighted by atomic mass is 32.2. The molecule has 34 heavy (non-hydrogen) atoms. The maximum atomic E-state index is 13.1. The molecule has 1 amide bonds. The van der Waals surface area contributed by atoms with Gasteiger partial charge in [0, 0.05) is 5.56 Å². The Bertz CT molecular complexity index is 1220. The molecule has 0 aliphatic rings. The highest BCUT2D eigenvalue weighted by Crippen LogP contribution is 2.63. The van der Waals surface area contributed by atoms with E-state index in [1.54, 1.807) is 12.1 Å². The molecule has 0 unspecified atom stereocenters. The summed E-state index contributed by atoms with van der Waals surface area (Å²) in [6.07, 6.45) is 1.90. The predicted octanol–water partition coefficient (Wildman–Crippen LogP) is 5.47. The zero-order chi connectivity index (χ0) is 23.8. The van der Waals surface area contributed by atoms with Gasteiger partial charge in [-0.05, 0) is 54.8 Å². The Morgan fingerprint density at radius 3 is 1.44 bits per heavy atom. The van der Waals surface area contributed by atoms with Gasteiger partial charge in [-0.2, -0.15) is 5.26 Å². The number of nitrogens with one attached hydrogen (secondary N) is 1. The van der Waals surface area contributed by atoms with E-state index < -0.39 is 7.26 Å². The zero-order valence-corrected chi connectivity index (χ0v) is 20.5. The number of hydrogen-bond donors (Lipinski definition) is 1. The van der Waals surface area contributed by atoms with E-state index in [4.69, 9.17) is 0 Å². The number of allylic oxidation sites excluding steroid dienone is 1. The van der Waals surface area contributed by atoms with Gasteiger partial charge in [-0.3, -0.25) is 4.79 Å². The Labute approximate surface area is 205 Å². The van der Waals surface area contributed by atoms with Gasteiger partial charge in [0.15, 0.2) is 7.26 Å². The molecule has 4 aromatic rings. The lowest BCUT2D eigenvalue weighted by molar-refractivity contribution is 0.0969. The van der Waals surface area contributed by atoms with Crippen LogP contribution in [-0.4, -0.2) is 12.2 Å². The topological polar surface area (TPSA) is 52.9 Å². The normalized spacial score (nSPS) is 11.8. The smallest absolute Gasteiger partial charge is 0.256 e. The Morgan fingerprint density at radius 1 is 0.706 bits per heavy atom. The molecule has 0 fully saturated rings. The van der Waals surface area contributed by atoms with Crippen molar-refractivity contribution in [3.8, 4) is 6.07 Å². The molecule has 0 heterocycles. The zero-order valence-electron chi connectivity index (χ0n) is 18.8. The third-order valence-corrected chi connectivity index (χ3v) is 10.6. The number of benzene rings is 4. The van der Waals surface area contributed by atoms with Crippen LogP contribution in [0, 0.1) is 11.3 Å². The van der Waals surface area contributed by atoms with Crippen LogP contribution in [0.15, 0.2) is 132 Å². The Balaban J connectivity index is 2.03. The first kappa shape index (κ1) is 23.5. The van der Waals surface area contributed by atoms with Crippen molar-refractivity contribution in [3.05, 3.63) is 137 Å². The fraction of sp³-hybridized carbons (Fsp3) is 0.0345. The van der Waals surface area contributed by atoms with E-state index in [0.29, 0.717) is 15.9 Å². The number of thioether (sulfide) groups is 1. The average Bonchev–Trinajstić information content (AvgIpc) is 2.92. The van der Waals surface area contributed by atoms with Crippen molar-refractivity contribution in [2.45, 2.75) is 0 Å². The number of nitriles is 1. The molecule has 0 saturated heterocycles. The van der Waals surface area contributed by atoms with Crippen molar-refractivity contribution in [2.24, 2.45) is 0 Å². The van der Waals surface area contributed by atoms with Gasteiger partial charge in [0.1, 0.15) is 27.0 Å². The van der Waals surface area contributed by atoms with Gasteiger partial charge in [0.05, 0.1) is 0 Å². The molecule has 5 heteroatoms. The lowest BCUT2D eigenvalue weighted by Gasteiger charge is -2.27. The minimum absolute atomic E-state index is 0.231. The fourth-order valence-corrected chi connectivity index (χ4v) is 9.20. The molecule has 0 aromatic heterocycles. The van der Waals surface area contributed by atoms with Gasteiger partial charge in [-0.15, -0.1) is 11.8 Å². The predicted molar refractivity (Wildman–Crippen MR) is 145 cm³/mol. The second-order valence-electron chi connectivity index (χ2n) is 7.49. The standard InChI is InChI=1S/C29H23N2OPS/c1-34-29(31-28(32)23-14-6-2-7-15-23)27(22-30)33(24-16-8-3-9-17-24,25-18-10-4-11-19-25)26-20-12-5-13-21-26/h2-21H,1H3/p+1. The minimum atomic E-state index is -2.60. The van der Waals surface area contributed by atoms with Crippen molar-refractivity contribution in [1.29, 1.82) is 5.26 Å². The number of hydrogen-bond acceptors (Lipinski definition) is 3. The van der Waals surface area contributed by atoms with E-state index in [1.165, 1.54) is 11.8 Å². The lowest BCUT2D eigenvalue weighted by Crippen LogP contribution is -2.34. The summed E-state index contributed by atoms with van der Waals surface area (Å²) in [5.74, 6) is -0.231. The van der Waals surface area contributed by atoms with Gasteiger partial charge >= 0.3 is 0 Å². The Kier molecular flexibility index (Phi) is 7.60. The first-order valence-electron chi connectivity index (χ1n) is 10.8. The van der Waals surface area contributed by atoms with Crippen molar-refractivity contribution in [3.63, 3.8) is 0 Å². The van der Waals surface area contributed by atoms with Crippen LogP contribution in [-0.2, 0) is 0 Å². The van der Waals surface area contributed by atoms with Crippen molar-refractivity contribution >= 4 is 40.8 Å². The summed E-state index contributed by atoms with van der Waals surface area (Å²) in [5.41, 5.74) is 0.550. The lowest BCUT2D eigenvalue weighted by atomic mass is 10.2. The van der Waals surface area contributed by atoms with Crippen molar-refractivity contribution in [1.82, 2.24) is 5.32 Å². The largest absolute Gasteiger partial charge is 0.313 e. The number of rotatable bonds is 7. The number of amides is 1. The molecule has 0 aliphatic carbocycles. The average molecular weight is 480 g/mol. The van der Waals surface area contributed by atoms with Gasteiger partial charge in [-0.1, -0.05) is 72.8 Å². The first-order valence-corrected chi connectivity index (χ1v) is 13.8. The molecular weight excluding hydrogens is 455 g/mol. The van der Waals surface area contributed by atoms with E-state index in [2.05, 4.69) is 47.8 Å². The van der Waals surface area contributed by atoms with Gasteiger partial charge in [0.25, 0.3) is 5.91 Å². The Morgan fingerprint density at radius 2 is 1.09 bits per heavy atom. The second kappa shape index (κ2) is 11.0. The fourth-order valence-electron chi connectivity index (χ4n) is 4.04. The third kappa shape index (κ3) is 4.54. The second-order valence-corrected chi connectivity index (χ2v) is 11.6.